The van der Waals surface area contributed by atoms with Crippen molar-refractivity contribution in [2.75, 3.05) is 19.8 Å². The molecule has 0 spiro atoms. The lowest BCUT2D eigenvalue weighted by Crippen LogP contribution is -2.10. The zero-order valence-corrected chi connectivity index (χ0v) is 16.2. The highest BCUT2D eigenvalue weighted by atomic mass is 16.5. The SMILES string of the molecule is C=CCCOC(=O)c1ccc(C(=O)OCCCCOC(=O)c2ccccc2)cc1. The summed E-state index contributed by atoms with van der Waals surface area (Å²) in [5.41, 5.74) is 1.22. The molecule has 0 unspecified atom stereocenters. The quantitative estimate of drug-likeness (QED) is 0.245. The predicted molar refractivity (Wildman–Crippen MR) is 108 cm³/mol. The number of benzene rings is 2. The molecule has 0 radical (unpaired) electrons. The molecule has 0 saturated carbocycles. The molecule has 0 saturated heterocycles. The monoisotopic (exact) mass is 396 g/mol. The Morgan fingerprint density at radius 2 is 1.07 bits per heavy atom. The third kappa shape index (κ3) is 7.62. The molecule has 0 amide bonds. The summed E-state index contributed by atoms with van der Waals surface area (Å²) in [4.78, 5) is 35.6. The fourth-order valence-corrected chi connectivity index (χ4v) is 2.34. The van der Waals surface area contributed by atoms with Gasteiger partial charge in [0.25, 0.3) is 0 Å². The third-order valence-electron chi connectivity index (χ3n) is 3.93. The number of esters is 3. The van der Waals surface area contributed by atoms with E-state index in [1.54, 1.807) is 30.3 Å². The first-order chi connectivity index (χ1) is 14.1. The number of carbonyl (C=O) groups excluding carboxylic acids is 3. The van der Waals surface area contributed by atoms with Crippen LogP contribution in [-0.4, -0.2) is 37.7 Å². The zero-order chi connectivity index (χ0) is 20.9. The molecule has 0 aliphatic heterocycles. The van der Waals surface area contributed by atoms with Crippen LogP contribution >= 0.6 is 0 Å². The lowest BCUT2D eigenvalue weighted by molar-refractivity contribution is 0.0432. The maximum atomic E-state index is 12.0. The van der Waals surface area contributed by atoms with Gasteiger partial charge in [-0.2, -0.15) is 0 Å². The van der Waals surface area contributed by atoms with Gasteiger partial charge in [-0.3, -0.25) is 0 Å². The Bertz CT molecular complexity index is 811. The van der Waals surface area contributed by atoms with Crippen molar-refractivity contribution in [1.82, 2.24) is 0 Å². The highest BCUT2D eigenvalue weighted by Crippen LogP contribution is 2.09. The second kappa shape index (κ2) is 12.1. The van der Waals surface area contributed by atoms with E-state index < -0.39 is 11.9 Å². The molecule has 0 heterocycles. The normalized spacial score (nSPS) is 10.1. The molecule has 2 aromatic rings. The molecule has 2 rings (SSSR count). The van der Waals surface area contributed by atoms with E-state index in [1.807, 2.05) is 6.07 Å². The highest BCUT2D eigenvalue weighted by molar-refractivity contribution is 5.93. The summed E-state index contributed by atoms with van der Waals surface area (Å²) in [6.07, 6.45) is 3.41. The van der Waals surface area contributed by atoms with Gasteiger partial charge in [0.2, 0.25) is 0 Å². The summed E-state index contributed by atoms with van der Waals surface area (Å²) in [5.74, 6) is -1.29. The van der Waals surface area contributed by atoms with Crippen molar-refractivity contribution in [2.24, 2.45) is 0 Å². The van der Waals surface area contributed by atoms with Gasteiger partial charge >= 0.3 is 17.9 Å². The van der Waals surface area contributed by atoms with Crippen LogP contribution in [0.4, 0.5) is 0 Å². The first-order valence-electron chi connectivity index (χ1n) is 9.39. The Morgan fingerprint density at radius 3 is 1.52 bits per heavy atom. The van der Waals surface area contributed by atoms with Crippen LogP contribution in [-0.2, 0) is 14.2 Å². The van der Waals surface area contributed by atoms with Crippen molar-refractivity contribution in [3.8, 4) is 0 Å². The minimum Gasteiger partial charge on any atom is -0.462 e. The van der Waals surface area contributed by atoms with Crippen molar-refractivity contribution in [1.29, 1.82) is 0 Å². The van der Waals surface area contributed by atoms with Crippen molar-refractivity contribution >= 4 is 17.9 Å². The highest BCUT2D eigenvalue weighted by Gasteiger charge is 2.11. The molecule has 152 valence electrons. The molecule has 0 fully saturated rings. The molecule has 0 aliphatic rings. The zero-order valence-electron chi connectivity index (χ0n) is 16.2. The first-order valence-corrected chi connectivity index (χ1v) is 9.39. The molecule has 6 nitrogen and oxygen atoms in total. The van der Waals surface area contributed by atoms with E-state index in [0.717, 1.165) is 0 Å². The van der Waals surface area contributed by atoms with Gasteiger partial charge in [-0.1, -0.05) is 24.3 Å². The molecule has 0 N–H and O–H groups in total. The van der Waals surface area contributed by atoms with Crippen molar-refractivity contribution in [2.45, 2.75) is 19.3 Å². The van der Waals surface area contributed by atoms with Gasteiger partial charge in [0.15, 0.2) is 0 Å². The van der Waals surface area contributed by atoms with E-state index in [1.165, 1.54) is 24.3 Å². The predicted octanol–water partition coefficient (Wildman–Crippen LogP) is 4.21. The standard InChI is InChI=1S/C23H24O6/c1-2-3-15-27-22(25)19-11-13-20(14-12-19)23(26)29-17-8-7-16-28-21(24)18-9-5-4-6-10-18/h2,4-6,9-14H,1,3,7-8,15-17H2. The van der Waals surface area contributed by atoms with Gasteiger partial charge < -0.3 is 14.2 Å². The van der Waals surface area contributed by atoms with E-state index in [9.17, 15) is 14.4 Å². The van der Waals surface area contributed by atoms with E-state index in [0.29, 0.717) is 36.0 Å². The molecule has 0 aliphatic carbocycles. The van der Waals surface area contributed by atoms with Gasteiger partial charge in [0, 0.05) is 0 Å². The number of hydrogen-bond acceptors (Lipinski definition) is 6. The summed E-state index contributed by atoms with van der Waals surface area (Å²) in [6, 6.07) is 14.8. The van der Waals surface area contributed by atoms with Gasteiger partial charge in [-0.25, -0.2) is 14.4 Å². The molecule has 0 aromatic heterocycles. The average molecular weight is 396 g/mol. The molecule has 0 bridgehead atoms. The minimum atomic E-state index is -0.474. The van der Waals surface area contributed by atoms with Crippen LogP contribution in [0.5, 0.6) is 0 Å². The number of hydrogen-bond donors (Lipinski definition) is 0. The lowest BCUT2D eigenvalue weighted by atomic mass is 10.1. The first kappa shape index (κ1) is 21.9. The molecular weight excluding hydrogens is 372 g/mol. The van der Waals surface area contributed by atoms with Gasteiger partial charge in [0.05, 0.1) is 36.5 Å². The Kier molecular flexibility index (Phi) is 9.15. The summed E-state index contributed by atoms with van der Waals surface area (Å²) >= 11 is 0. The van der Waals surface area contributed by atoms with Crippen LogP contribution in [0.25, 0.3) is 0 Å². The Labute approximate surface area is 170 Å². The van der Waals surface area contributed by atoms with E-state index in [4.69, 9.17) is 14.2 Å². The molecule has 2 aromatic carbocycles. The maximum Gasteiger partial charge on any atom is 0.338 e. The Balaban J connectivity index is 1.64. The Hall–Kier alpha value is -3.41. The maximum absolute atomic E-state index is 12.0. The number of carbonyl (C=O) groups is 3. The summed E-state index contributed by atoms with van der Waals surface area (Å²) in [5, 5.41) is 0. The third-order valence-corrected chi connectivity index (χ3v) is 3.93. The molecular formula is C23H24O6. The summed E-state index contributed by atoms with van der Waals surface area (Å²) in [7, 11) is 0. The van der Waals surface area contributed by atoms with Crippen LogP contribution in [0, 0.1) is 0 Å². The van der Waals surface area contributed by atoms with Crippen molar-refractivity contribution in [3.63, 3.8) is 0 Å². The van der Waals surface area contributed by atoms with E-state index >= 15 is 0 Å². The smallest absolute Gasteiger partial charge is 0.338 e. The largest absolute Gasteiger partial charge is 0.462 e. The molecule has 6 heteroatoms. The Morgan fingerprint density at radius 1 is 0.655 bits per heavy atom. The van der Waals surface area contributed by atoms with E-state index in [2.05, 4.69) is 6.58 Å². The lowest BCUT2D eigenvalue weighted by Gasteiger charge is -2.07. The van der Waals surface area contributed by atoms with Crippen LogP contribution in [0.15, 0.2) is 67.3 Å². The summed E-state index contributed by atoms with van der Waals surface area (Å²) in [6.45, 7) is 4.30. The topological polar surface area (TPSA) is 78.9 Å². The fraction of sp³-hybridized carbons (Fsp3) is 0.261. The molecule has 29 heavy (non-hydrogen) atoms. The van der Waals surface area contributed by atoms with Crippen molar-refractivity contribution < 1.29 is 28.6 Å². The van der Waals surface area contributed by atoms with Crippen LogP contribution in [0.1, 0.15) is 50.3 Å². The number of rotatable bonds is 11. The van der Waals surface area contributed by atoms with Crippen LogP contribution in [0.2, 0.25) is 0 Å². The van der Waals surface area contributed by atoms with Gasteiger partial charge in [-0.15, -0.1) is 6.58 Å². The van der Waals surface area contributed by atoms with Gasteiger partial charge in [-0.05, 0) is 55.7 Å². The minimum absolute atomic E-state index is 0.215. The molecule has 0 atom stereocenters. The second-order valence-corrected chi connectivity index (χ2v) is 6.14. The van der Waals surface area contributed by atoms with Gasteiger partial charge in [0.1, 0.15) is 0 Å². The average Bonchev–Trinajstić information content (AvgIpc) is 2.76. The number of ether oxygens (including phenoxy) is 3. The van der Waals surface area contributed by atoms with E-state index in [-0.39, 0.29) is 25.8 Å². The summed E-state index contributed by atoms with van der Waals surface area (Å²) < 4.78 is 15.4. The van der Waals surface area contributed by atoms with Crippen molar-refractivity contribution in [3.05, 3.63) is 83.9 Å². The fourth-order valence-electron chi connectivity index (χ4n) is 2.34. The second-order valence-electron chi connectivity index (χ2n) is 6.14. The van der Waals surface area contributed by atoms with Crippen LogP contribution < -0.4 is 0 Å². The van der Waals surface area contributed by atoms with Crippen LogP contribution in [0.3, 0.4) is 0 Å². The number of unbranched alkanes of at least 4 members (excludes halogenated alkanes) is 1.